The molecule has 30 heavy (non-hydrogen) atoms. The second-order valence-corrected chi connectivity index (χ2v) is 10.4. The van der Waals surface area contributed by atoms with Gasteiger partial charge in [0.2, 0.25) is 5.91 Å². The fourth-order valence-electron chi connectivity index (χ4n) is 4.17. The highest BCUT2D eigenvalue weighted by atomic mass is 28.2. The second-order valence-electron chi connectivity index (χ2n) is 8.54. The first-order valence-electron chi connectivity index (χ1n) is 10.8. The van der Waals surface area contributed by atoms with Gasteiger partial charge in [0.15, 0.2) is 19.5 Å². The van der Waals surface area contributed by atoms with Gasteiger partial charge in [-0.2, -0.15) is 13.2 Å². The smallest absolute Gasteiger partial charge is 0.400 e. The van der Waals surface area contributed by atoms with Crippen LogP contribution in [0.25, 0.3) is 0 Å². The first kappa shape index (κ1) is 25.1. The highest BCUT2D eigenvalue weighted by Gasteiger charge is 2.39. The van der Waals surface area contributed by atoms with E-state index in [4.69, 9.17) is 8.85 Å². The number of amides is 1. The maximum Gasteiger partial charge on any atom is 0.416 e. The molecule has 1 N–H and O–H groups in total. The molecular formula is C21H34F3NO3Si2. The third kappa shape index (κ3) is 6.93. The van der Waals surface area contributed by atoms with E-state index >= 15 is 0 Å². The molecule has 4 nitrogen and oxygen atoms in total. The average Bonchev–Trinajstić information content (AvgIpc) is 3.09. The van der Waals surface area contributed by atoms with Crippen LogP contribution in [0.5, 0.6) is 0 Å². The lowest BCUT2D eigenvalue weighted by molar-refractivity contribution is -0.137. The molecule has 0 saturated carbocycles. The van der Waals surface area contributed by atoms with Crippen molar-refractivity contribution in [1.82, 2.24) is 5.32 Å². The van der Waals surface area contributed by atoms with Gasteiger partial charge in [0, 0.05) is 17.9 Å². The standard InChI is InChI=1S/C21H34F3NO3Si2/c1-20(2,19(27-29-3)28-30-4)15(8-9-17-10-11-18(26)25-17)12-14-6-5-7-16(13-14)21(22,23)24/h5-7,13,15,17,19H,8-12,29-30H2,1-4H3,(H,25,26). The summed E-state index contributed by atoms with van der Waals surface area (Å²) in [6.45, 7) is 8.30. The zero-order valence-corrected chi connectivity index (χ0v) is 21.2. The maximum atomic E-state index is 13.2. The van der Waals surface area contributed by atoms with Crippen molar-refractivity contribution in [3.8, 4) is 0 Å². The van der Waals surface area contributed by atoms with E-state index < -0.39 is 31.3 Å². The van der Waals surface area contributed by atoms with Gasteiger partial charge in [-0.05, 0) is 43.2 Å². The van der Waals surface area contributed by atoms with Crippen LogP contribution in [0.2, 0.25) is 13.1 Å². The number of benzene rings is 1. The Bertz CT molecular complexity index is 694. The molecule has 0 aliphatic carbocycles. The Balaban J connectivity index is 2.24. The van der Waals surface area contributed by atoms with Crippen molar-refractivity contribution >= 4 is 25.4 Å². The minimum Gasteiger partial charge on any atom is -0.400 e. The number of carbonyl (C=O) groups excluding carboxylic acids is 1. The van der Waals surface area contributed by atoms with Crippen LogP contribution in [0.15, 0.2) is 24.3 Å². The SMILES string of the molecule is C[SiH2]OC(O[SiH2]C)C(C)(C)C(CCC1CCC(=O)N1)Cc1cccc(C(F)(F)F)c1. The lowest BCUT2D eigenvalue weighted by Gasteiger charge is -2.41. The van der Waals surface area contributed by atoms with Crippen LogP contribution < -0.4 is 5.32 Å². The van der Waals surface area contributed by atoms with E-state index in [-0.39, 0.29) is 29.6 Å². The molecule has 1 aromatic rings. The molecule has 2 rings (SSSR count). The number of alkyl halides is 3. The highest BCUT2D eigenvalue weighted by Crippen LogP contribution is 2.40. The zero-order chi connectivity index (χ0) is 22.4. The second kappa shape index (κ2) is 10.9. The average molecular weight is 462 g/mol. The predicted octanol–water partition coefficient (Wildman–Crippen LogP) is 3.57. The zero-order valence-electron chi connectivity index (χ0n) is 18.3. The Kier molecular flexibility index (Phi) is 9.14. The molecule has 9 heteroatoms. The quantitative estimate of drug-likeness (QED) is 0.405. The Morgan fingerprint density at radius 1 is 1.20 bits per heavy atom. The van der Waals surface area contributed by atoms with Gasteiger partial charge >= 0.3 is 6.18 Å². The third-order valence-corrected chi connectivity index (χ3v) is 7.25. The summed E-state index contributed by atoms with van der Waals surface area (Å²) in [5, 5.41) is 3.00. The third-order valence-electron chi connectivity index (χ3n) is 5.98. The number of hydrogen-bond donors (Lipinski definition) is 1. The van der Waals surface area contributed by atoms with Crippen molar-refractivity contribution in [1.29, 1.82) is 0 Å². The van der Waals surface area contributed by atoms with Crippen LogP contribution in [0.1, 0.15) is 50.7 Å². The monoisotopic (exact) mass is 461 g/mol. The topological polar surface area (TPSA) is 47.6 Å². The molecule has 0 spiro atoms. The highest BCUT2D eigenvalue weighted by molar-refractivity contribution is 6.26. The number of halogens is 3. The van der Waals surface area contributed by atoms with Crippen molar-refractivity contribution in [2.24, 2.45) is 11.3 Å². The van der Waals surface area contributed by atoms with Crippen LogP contribution in [0.4, 0.5) is 13.2 Å². The van der Waals surface area contributed by atoms with Crippen LogP contribution in [0.3, 0.4) is 0 Å². The van der Waals surface area contributed by atoms with Crippen LogP contribution in [-0.4, -0.2) is 37.8 Å². The molecule has 1 fully saturated rings. The summed E-state index contributed by atoms with van der Waals surface area (Å²) in [6.07, 6.45) is -1.23. The van der Waals surface area contributed by atoms with Gasteiger partial charge in [-0.25, -0.2) is 0 Å². The largest absolute Gasteiger partial charge is 0.416 e. The summed E-state index contributed by atoms with van der Waals surface area (Å²) in [7, 11) is -1.41. The van der Waals surface area contributed by atoms with Crippen molar-refractivity contribution in [2.75, 3.05) is 0 Å². The van der Waals surface area contributed by atoms with E-state index in [1.807, 2.05) is 0 Å². The molecule has 170 valence electrons. The number of rotatable bonds is 11. The molecular weight excluding hydrogens is 427 g/mol. The van der Waals surface area contributed by atoms with Gasteiger partial charge in [-0.15, -0.1) is 0 Å². The van der Waals surface area contributed by atoms with Gasteiger partial charge in [-0.3, -0.25) is 4.79 Å². The molecule has 2 unspecified atom stereocenters. The number of hydrogen-bond acceptors (Lipinski definition) is 3. The minimum atomic E-state index is -4.36. The van der Waals surface area contributed by atoms with Crippen LogP contribution >= 0.6 is 0 Å². The number of nitrogens with one attached hydrogen (secondary N) is 1. The predicted molar refractivity (Wildman–Crippen MR) is 118 cm³/mol. The molecule has 1 aliphatic rings. The normalized spacial score (nSPS) is 20.4. The molecule has 1 heterocycles. The summed E-state index contributed by atoms with van der Waals surface area (Å²) in [5.41, 5.74) is -0.312. The van der Waals surface area contributed by atoms with Gasteiger partial charge in [-0.1, -0.05) is 45.1 Å². The van der Waals surface area contributed by atoms with Gasteiger partial charge in [0.1, 0.15) is 6.29 Å². The van der Waals surface area contributed by atoms with Crippen LogP contribution in [-0.2, 0) is 26.2 Å². The molecule has 1 saturated heterocycles. The minimum absolute atomic E-state index is 0.0598. The Labute approximate surface area is 182 Å². The summed E-state index contributed by atoms with van der Waals surface area (Å²) >= 11 is 0. The summed E-state index contributed by atoms with van der Waals surface area (Å²) in [6, 6.07) is 5.73. The van der Waals surface area contributed by atoms with Crippen LogP contribution in [0, 0.1) is 11.3 Å². The van der Waals surface area contributed by atoms with Gasteiger partial charge < -0.3 is 14.2 Å². The van der Waals surface area contributed by atoms with E-state index in [0.717, 1.165) is 25.3 Å². The van der Waals surface area contributed by atoms with E-state index in [9.17, 15) is 18.0 Å². The summed E-state index contributed by atoms with van der Waals surface area (Å²) in [5.74, 6) is 0.136. The molecule has 1 aliphatic heterocycles. The molecule has 1 aromatic carbocycles. The molecule has 2 atom stereocenters. The summed E-state index contributed by atoms with van der Waals surface area (Å²) in [4.78, 5) is 11.5. The van der Waals surface area contributed by atoms with E-state index in [1.165, 1.54) is 12.1 Å². The molecule has 0 aromatic heterocycles. The van der Waals surface area contributed by atoms with E-state index in [0.29, 0.717) is 18.4 Å². The van der Waals surface area contributed by atoms with Crippen molar-refractivity contribution in [3.05, 3.63) is 35.4 Å². The van der Waals surface area contributed by atoms with E-state index in [2.05, 4.69) is 32.3 Å². The fraction of sp³-hybridized carbons (Fsp3) is 0.667. The van der Waals surface area contributed by atoms with Gasteiger partial charge in [0.25, 0.3) is 0 Å². The molecule has 0 radical (unpaired) electrons. The van der Waals surface area contributed by atoms with E-state index in [1.54, 1.807) is 6.07 Å². The maximum absolute atomic E-state index is 13.2. The first-order chi connectivity index (χ1) is 14.1. The lowest BCUT2D eigenvalue weighted by atomic mass is 9.72. The van der Waals surface area contributed by atoms with Crippen molar-refractivity contribution < 1.29 is 26.8 Å². The Morgan fingerprint density at radius 3 is 2.40 bits per heavy atom. The fourth-order valence-corrected chi connectivity index (χ4v) is 6.01. The molecule has 0 bridgehead atoms. The number of carbonyl (C=O) groups is 1. The molecule has 1 amide bonds. The Morgan fingerprint density at radius 2 is 1.87 bits per heavy atom. The van der Waals surface area contributed by atoms with Crippen molar-refractivity contribution in [2.45, 2.75) is 77.6 Å². The lowest BCUT2D eigenvalue weighted by Crippen LogP contribution is -2.43. The Hall–Kier alpha value is -1.17. The van der Waals surface area contributed by atoms with Gasteiger partial charge in [0.05, 0.1) is 5.56 Å². The summed E-state index contributed by atoms with van der Waals surface area (Å²) < 4.78 is 51.6. The van der Waals surface area contributed by atoms with Crippen molar-refractivity contribution in [3.63, 3.8) is 0 Å². The first-order valence-corrected chi connectivity index (χ1v) is 14.7.